The van der Waals surface area contributed by atoms with Crippen LogP contribution in [0.3, 0.4) is 0 Å². The van der Waals surface area contributed by atoms with Crippen molar-refractivity contribution in [2.75, 3.05) is 19.8 Å². The number of benzene rings is 1. The van der Waals surface area contributed by atoms with Gasteiger partial charge < -0.3 is 20.1 Å². The lowest BCUT2D eigenvalue weighted by atomic mass is 9.92. The number of carbonyl (C=O) groups excluding carboxylic acids is 3. The first-order valence-corrected chi connectivity index (χ1v) is 11.6. The summed E-state index contributed by atoms with van der Waals surface area (Å²) in [5.74, 6) is -1.30. The fraction of sp³-hybridized carbons (Fsp3) is 0.500. The average molecular weight is 457 g/mol. The maximum absolute atomic E-state index is 13.1. The number of nitrogens with one attached hydrogen (secondary N) is 1. The fourth-order valence-corrected chi connectivity index (χ4v) is 3.97. The van der Waals surface area contributed by atoms with E-state index in [9.17, 15) is 19.5 Å². The molecule has 180 valence electrons. The summed E-state index contributed by atoms with van der Waals surface area (Å²) in [6.45, 7) is 7.93. The van der Waals surface area contributed by atoms with Gasteiger partial charge in [0.1, 0.15) is 6.61 Å². The molecular formula is C26H36N2O5. The zero-order valence-corrected chi connectivity index (χ0v) is 19.3. The Hall–Kier alpha value is -2.93. The van der Waals surface area contributed by atoms with Gasteiger partial charge in [0.25, 0.3) is 0 Å². The van der Waals surface area contributed by atoms with Crippen molar-refractivity contribution in [3.8, 4) is 0 Å². The molecule has 2 rings (SSSR count). The molecule has 0 spiro atoms. The molecule has 1 aromatic rings. The van der Waals surface area contributed by atoms with Crippen molar-refractivity contribution in [1.29, 1.82) is 0 Å². The fourth-order valence-electron chi connectivity index (χ4n) is 3.97. The number of fused-ring (bicyclic) bond motifs is 1. The number of hydrogen-bond acceptors (Lipinski definition) is 5. The van der Waals surface area contributed by atoms with Crippen molar-refractivity contribution < 1.29 is 24.2 Å². The van der Waals surface area contributed by atoms with Crippen molar-refractivity contribution in [3.05, 3.63) is 60.7 Å². The molecule has 2 N–H and O–H groups in total. The van der Waals surface area contributed by atoms with Gasteiger partial charge in [-0.1, -0.05) is 36.4 Å². The van der Waals surface area contributed by atoms with Crippen molar-refractivity contribution in [1.82, 2.24) is 10.2 Å². The average Bonchev–Trinajstić information content (AvgIpc) is 2.83. The summed E-state index contributed by atoms with van der Waals surface area (Å²) in [7, 11) is 0. The summed E-state index contributed by atoms with van der Waals surface area (Å²) in [5.41, 5.74) is 2.20. The SMILES string of the molecule is C=CCCCCC(=O)OCCNC(=O)[C@@H](CC=C)CC(=O)N1Cc2ccccc2C[C@H]1CO. The van der Waals surface area contributed by atoms with Crippen LogP contribution < -0.4 is 5.32 Å². The molecule has 1 heterocycles. The maximum atomic E-state index is 13.1. The lowest BCUT2D eigenvalue weighted by molar-refractivity contribution is -0.144. The molecule has 0 fully saturated rings. The summed E-state index contributed by atoms with van der Waals surface area (Å²) in [6.07, 6.45) is 7.28. The number of unbranched alkanes of at least 4 members (excludes halogenated alkanes) is 2. The highest BCUT2D eigenvalue weighted by Gasteiger charge is 2.31. The molecule has 1 aromatic carbocycles. The molecule has 2 atom stereocenters. The Kier molecular flexibility index (Phi) is 11.4. The van der Waals surface area contributed by atoms with Crippen LogP contribution in [0, 0.1) is 5.92 Å². The van der Waals surface area contributed by atoms with Crippen LogP contribution in [0.4, 0.5) is 0 Å². The molecule has 0 radical (unpaired) electrons. The highest BCUT2D eigenvalue weighted by atomic mass is 16.5. The Balaban J connectivity index is 1.83. The van der Waals surface area contributed by atoms with E-state index in [0.29, 0.717) is 25.8 Å². The van der Waals surface area contributed by atoms with Crippen LogP contribution in [0.5, 0.6) is 0 Å². The Morgan fingerprint density at radius 3 is 2.64 bits per heavy atom. The minimum atomic E-state index is -0.568. The second-order valence-corrected chi connectivity index (χ2v) is 8.30. The van der Waals surface area contributed by atoms with Gasteiger partial charge in [0.15, 0.2) is 0 Å². The van der Waals surface area contributed by atoms with E-state index in [1.807, 2.05) is 30.3 Å². The van der Waals surface area contributed by atoms with Gasteiger partial charge in [0.2, 0.25) is 11.8 Å². The molecule has 1 aliphatic rings. The first kappa shape index (κ1) is 26.3. The van der Waals surface area contributed by atoms with Gasteiger partial charge >= 0.3 is 5.97 Å². The number of ether oxygens (including phenoxy) is 1. The molecule has 0 aliphatic carbocycles. The number of hydrogen-bond donors (Lipinski definition) is 2. The summed E-state index contributed by atoms with van der Waals surface area (Å²) < 4.78 is 5.15. The van der Waals surface area contributed by atoms with Gasteiger partial charge in [-0.2, -0.15) is 0 Å². The molecule has 0 saturated carbocycles. The highest BCUT2D eigenvalue weighted by molar-refractivity contribution is 5.86. The van der Waals surface area contributed by atoms with E-state index >= 15 is 0 Å². The predicted octanol–water partition coefficient (Wildman–Crippen LogP) is 2.92. The van der Waals surface area contributed by atoms with Crippen molar-refractivity contribution in [3.63, 3.8) is 0 Å². The third kappa shape index (κ3) is 8.50. The smallest absolute Gasteiger partial charge is 0.305 e. The number of amides is 2. The van der Waals surface area contributed by atoms with Crippen LogP contribution in [0.15, 0.2) is 49.6 Å². The van der Waals surface area contributed by atoms with E-state index in [1.165, 1.54) is 0 Å². The number of aliphatic hydroxyl groups excluding tert-OH is 1. The summed E-state index contributed by atoms with van der Waals surface area (Å²) in [6, 6.07) is 7.59. The normalized spacial score (nSPS) is 15.8. The Morgan fingerprint density at radius 2 is 1.94 bits per heavy atom. The largest absolute Gasteiger partial charge is 0.464 e. The quantitative estimate of drug-likeness (QED) is 0.255. The highest BCUT2D eigenvalue weighted by Crippen LogP contribution is 2.25. The van der Waals surface area contributed by atoms with Crippen molar-refractivity contribution in [2.45, 2.75) is 57.5 Å². The van der Waals surface area contributed by atoms with Gasteiger partial charge in [-0.15, -0.1) is 13.2 Å². The lowest BCUT2D eigenvalue weighted by Gasteiger charge is -2.36. The number of aliphatic hydroxyl groups is 1. The minimum Gasteiger partial charge on any atom is -0.464 e. The van der Waals surface area contributed by atoms with Crippen molar-refractivity contribution >= 4 is 17.8 Å². The first-order chi connectivity index (χ1) is 16.0. The van der Waals surface area contributed by atoms with Crippen LogP contribution in [-0.4, -0.2) is 53.6 Å². The van der Waals surface area contributed by atoms with Crippen molar-refractivity contribution in [2.24, 2.45) is 5.92 Å². The van der Waals surface area contributed by atoms with E-state index in [4.69, 9.17) is 4.74 Å². The molecule has 2 amide bonds. The van der Waals surface area contributed by atoms with E-state index in [0.717, 1.165) is 30.4 Å². The van der Waals surface area contributed by atoms with E-state index in [-0.39, 0.29) is 50.0 Å². The monoisotopic (exact) mass is 456 g/mol. The zero-order valence-electron chi connectivity index (χ0n) is 19.3. The van der Waals surface area contributed by atoms with Crippen LogP contribution >= 0.6 is 0 Å². The molecule has 7 heteroatoms. The third-order valence-corrected chi connectivity index (χ3v) is 5.83. The Morgan fingerprint density at radius 1 is 1.18 bits per heavy atom. The van der Waals surface area contributed by atoms with Gasteiger partial charge in [-0.05, 0) is 43.2 Å². The standard InChI is InChI=1S/C26H36N2O5/c1-3-5-6-7-13-25(31)33-15-14-27-26(32)21(10-4-2)17-24(30)28-18-22-12-9-8-11-20(22)16-23(28)19-29/h3-4,8-9,11-12,21,23,29H,1-2,5-7,10,13-19H2,(H,27,32)/t21-,23-/m0/s1. The second-order valence-electron chi connectivity index (χ2n) is 8.30. The second kappa shape index (κ2) is 14.3. The molecule has 0 bridgehead atoms. The molecule has 0 saturated heterocycles. The topological polar surface area (TPSA) is 95.9 Å². The zero-order chi connectivity index (χ0) is 24.1. The predicted molar refractivity (Wildman–Crippen MR) is 127 cm³/mol. The number of rotatable bonds is 14. The summed E-state index contributed by atoms with van der Waals surface area (Å²) in [5, 5.41) is 12.6. The Bertz CT molecular complexity index is 823. The van der Waals surface area contributed by atoms with Gasteiger partial charge in [0, 0.05) is 19.4 Å². The Labute approximate surface area is 196 Å². The molecule has 7 nitrogen and oxygen atoms in total. The van der Waals surface area contributed by atoms with Gasteiger partial charge in [0.05, 0.1) is 25.1 Å². The number of allylic oxidation sites excluding steroid dienone is 2. The van der Waals surface area contributed by atoms with Crippen LogP contribution in [-0.2, 0) is 32.1 Å². The summed E-state index contributed by atoms with van der Waals surface area (Å²) in [4.78, 5) is 39.1. The van der Waals surface area contributed by atoms with Crippen LogP contribution in [0.25, 0.3) is 0 Å². The van der Waals surface area contributed by atoms with E-state index < -0.39 is 5.92 Å². The van der Waals surface area contributed by atoms with Crippen LogP contribution in [0.2, 0.25) is 0 Å². The minimum absolute atomic E-state index is 0.0274. The number of esters is 1. The molecular weight excluding hydrogens is 420 g/mol. The van der Waals surface area contributed by atoms with E-state index in [2.05, 4.69) is 18.5 Å². The molecule has 0 aromatic heterocycles. The van der Waals surface area contributed by atoms with Crippen LogP contribution in [0.1, 0.15) is 49.7 Å². The van der Waals surface area contributed by atoms with E-state index in [1.54, 1.807) is 11.0 Å². The maximum Gasteiger partial charge on any atom is 0.305 e. The molecule has 33 heavy (non-hydrogen) atoms. The van der Waals surface area contributed by atoms with Gasteiger partial charge in [-0.25, -0.2) is 0 Å². The number of carbonyl (C=O) groups is 3. The molecule has 0 unspecified atom stereocenters. The first-order valence-electron chi connectivity index (χ1n) is 11.6. The lowest BCUT2D eigenvalue weighted by Crippen LogP contribution is -2.47. The number of nitrogens with zero attached hydrogens (tertiary/aromatic N) is 1. The molecule has 1 aliphatic heterocycles. The third-order valence-electron chi connectivity index (χ3n) is 5.83. The van der Waals surface area contributed by atoms with Gasteiger partial charge in [-0.3, -0.25) is 14.4 Å². The summed E-state index contributed by atoms with van der Waals surface area (Å²) >= 11 is 0.